The molecule has 1 aliphatic rings. The fourth-order valence-electron chi connectivity index (χ4n) is 2.53. The average molecular weight is 327 g/mol. The number of nitrogens with zero attached hydrogens (tertiary/aromatic N) is 1. The normalized spacial score (nSPS) is 16.6. The largest absolute Gasteiger partial charge is 0.474 e. The molecule has 0 spiro atoms. The van der Waals surface area contributed by atoms with Crippen LogP contribution in [0.5, 0.6) is 5.88 Å². The molecule has 7 heteroatoms. The number of carbonyl (C=O) groups is 1. The van der Waals surface area contributed by atoms with Crippen molar-refractivity contribution in [3.05, 3.63) is 23.9 Å². The molecule has 1 aromatic rings. The third-order valence-corrected chi connectivity index (χ3v) is 3.77. The molecule has 0 aromatic carbocycles. The van der Waals surface area contributed by atoms with Gasteiger partial charge in [0.25, 0.3) is 0 Å². The Hall–Kier alpha value is -1.92. The highest BCUT2D eigenvalue weighted by atomic mass is 19.2. The molecule has 2 rings (SSSR count). The van der Waals surface area contributed by atoms with Crippen molar-refractivity contribution in [2.75, 3.05) is 13.3 Å². The molecule has 0 bridgehead atoms. The van der Waals surface area contributed by atoms with Gasteiger partial charge in [0.2, 0.25) is 5.88 Å². The monoisotopic (exact) mass is 327 g/mol. The van der Waals surface area contributed by atoms with Crippen LogP contribution in [-0.2, 0) is 6.54 Å². The zero-order valence-electron chi connectivity index (χ0n) is 13.1. The van der Waals surface area contributed by atoms with E-state index < -0.39 is 12.8 Å². The van der Waals surface area contributed by atoms with E-state index in [-0.39, 0.29) is 24.6 Å². The number of pyridine rings is 1. The Morgan fingerprint density at radius 2 is 2.17 bits per heavy atom. The van der Waals surface area contributed by atoms with Gasteiger partial charge in [-0.15, -0.1) is 0 Å². The van der Waals surface area contributed by atoms with Crippen LogP contribution in [0, 0.1) is 0 Å². The van der Waals surface area contributed by atoms with Gasteiger partial charge in [0.05, 0.1) is 0 Å². The Bertz CT molecular complexity index is 496. The van der Waals surface area contributed by atoms with Gasteiger partial charge in [-0.3, -0.25) is 0 Å². The van der Waals surface area contributed by atoms with Gasteiger partial charge in [0.1, 0.15) is 13.3 Å². The molecular weight excluding hydrogens is 304 g/mol. The molecule has 2 amide bonds. The highest BCUT2D eigenvalue weighted by Crippen LogP contribution is 2.17. The van der Waals surface area contributed by atoms with Crippen LogP contribution >= 0.6 is 0 Å². The first-order valence-corrected chi connectivity index (χ1v) is 7.99. The summed E-state index contributed by atoms with van der Waals surface area (Å²) in [5, 5.41) is 5.75. The summed E-state index contributed by atoms with van der Waals surface area (Å²) in [6.45, 7) is -1.13. The van der Waals surface area contributed by atoms with Crippen molar-refractivity contribution >= 4 is 6.03 Å². The van der Waals surface area contributed by atoms with Crippen molar-refractivity contribution in [1.82, 2.24) is 15.6 Å². The molecule has 1 aromatic heterocycles. The number of hydrogen-bond donors (Lipinski definition) is 2. The van der Waals surface area contributed by atoms with Crippen molar-refractivity contribution < 1.29 is 18.3 Å². The highest BCUT2D eigenvalue weighted by Gasteiger charge is 2.15. The number of amides is 2. The lowest BCUT2D eigenvalue weighted by atomic mass is 9.96. The molecule has 2 N–H and O–H groups in total. The van der Waals surface area contributed by atoms with Crippen LogP contribution in [0.1, 0.15) is 37.7 Å². The lowest BCUT2D eigenvalue weighted by Crippen LogP contribution is -2.42. The molecule has 1 heterocycles. The van der Waals surface area contributed by atoms with E-state index in [0.717, 1.165) is 31.2 Å². The number of urea groups is 1. The summed E-state index contributed by atoms with van der Waals surface area (Å²) < 4.78 is 29.9. The van der Waals surface area contributed by atoms with E-state index in [1.807, 2.05) is 0 Å². The molecule has 23 heavy (non-hydrogen) atoms. The van der Waals surface area contributed by atoms with Crippen molar-refractivity contribution in [3.63, 3.8) is 0 Å². The second-order valence-electron chi connectivity index (χ2n) is 5.73. The second-order valence-corrected chi connectivity index (χ2v) is 5.73. The van der Waals surface area contributed by atoms with Crippen molar-refractivity contribution in [3.8, 4) is 5.88 Å². The first-order chi connectivity index (χ1) is 11.2. The Morgan fingerprint density at radius 3 is 2.91 bits per heavy atom. The van der Waals surface area contributed by atoms with Gasteiger partial charge in [0.15, 0.2) is 6.17 Å². The Kier molecular flexibility index (Phi) is 7.03. The molecule has 1 unspecified atom stereocenters. The van der Waals surface area contributed by atoms with E-state index in [9.17, 15) is 13.6 Å². The van der Waals surface area contributed by atoms with E-state index in [4.69, 9.17) is 4.74 Å². The minimum Gasteiger partial charge on any atom is -0.474 e. The van der Waals surface area contributed by atoms with Crippen LogP contribution in [0.3, 0.4) is 0 Å². The van der Waals surface area contributed by atoms with Gasteiger partial charge in [0, 0.05) is 24.8 Å². The second kappa shape index (κ2) is 9.27. The minimum atomic E-state index is -1.65. The van der Waals surface area contributed by atoms with E-state index >= 15 is 0 Å². The smallest absolute Gasteiger partial charge is 0.315 e. The lowest BCUT2D eigenvalue weighted by Gasteiger charge is -2.22. The van der Waals surface area contributed by atoms with Crippen LogP contribution < -0.4 is 15.4 Å². The molecule has 1 aliphatic carbocycles. The van der Waals surface area contributed by atoms with Crippen LogP contribution in [-0.4, -0.2) is 36.5 Å². The van der Waals surface area contributed by atoms with E-state index in [1.165, 1.54) is 12.6 Å². The highest BCUT2D eigenvalue weighted by molar-refractivity contribution is 5.74. The van der Waals surface area contributed by atoms with Gasteiger partial charge in [-0.2, -0.15) is 0 Å². The number of rotatable bonds is 7. The van der Waals surface area contributed by atoms with Gasteiger partial charge < -0.3 is 15.4 Å². The zero-order valence-corrected chi connectivity index (χ0v) is 13.1. The van der Waals surface area contributed by atoms with Crippen molar-refractivity contribution in [2.24, 2.45) is 0 Å². The van der Waals surface area contributed by atoms with E-state index in [0.29, 0.717) is 6.54 Å². The van der Waals surface area contributed by atoms with E-state index in [2.05, 4.69) is 15.6 Å². The number of halogens is 2. The predicted molar refractivity (Wildman–Crippen MR) is 82.8 cm³/mol. The standard InChI is InChI=1S/C16H23F2N3O2/c17-9-13(18)11-23-15-8-12(6-7-19-15)10-20-16(22)21-14-4-2-1-3-5-14/h6-8,13-14H,1-5,9-11H2,(H2,20,21,22). The Labute approximate surface area is 134 Å². The molecule has 128 valence electrons. The SMILES string of the molecule is O=C(NCc1ccnc(OCC(F)CF)c1)NC1CCCCC1. The number of hydrogen-bond acceptors (Lipinski definition) is 3. The summed E-state index contributed by atoms with van der Waals surface area (Å²) in [4.78, 5) is 15.8. The quantitative estimate of drug-likeness (QED) is 0.809. The molecule has 1 atom stereocenters. The van der Waals surface area contributed by atoms with Crippen LogP contribution in [0.25, 0.3) is 0 Å². The Morgan fingerprint density at radius 1 is 1.39 bits per heavy atom. The molecule has 5 nitrogen and oxygen atoms in total. The topological polar surface area (TPSA) is 63.2 Å². The summed E-state index contributed by atoms with van der Waals surface area (Å²) in [6.07, 6.45) is 5.46. The lowest BCUT2D eigenvalue weighted by molar-refractivity contribution is 0.162. The summed E-state index contributed by atoms with van der Waals surface area (Å²) in [5.74, 6) is 0.216. The minimum absolute atomic E-state index is 0.197. The molecule has 1 fully saturated rings. The summed E-state index contributed by atoms with van der Waals surface area (Å²) in [7, 11) is 0. The maximum absolute atomic E-state index is 12.8. The fourth-order valence-corrected chi connectivity index (χ4v) is 2.53. The Balaban J connectivity index is 1.75. The van der Waals surface area contributed by atoms with Crippen molar-refractivity contribution in [2.45, 2.75) is 50.9 Å². The number of aromatic nitrogens is 1. The first kappa shape index (κ1) is 17.4. The van der Waals surface area contributed by atoms with Gasteiger partial charge in [-0.05, 0) is 24.5 Å². The maximum Gasteiger partial charge on any atom is 0.315 e. The van der Waals surface area contributed by atoms with Crippen LogP contribution in [0.2, 0.25) is 0 Å². The molecule has 0 saturated heterocycles. The van der Waals surface area contributed by atoms with Gasteiger partial charge >= 0.3 is 6.03 Å². The third kappa shape index (κ3) is 6.38. The molecular formula is C16H23F2N3O2. The van der Waals surface area contributed by atoms with E-state index in [1.54, 1.807) is 12.1 Å². The van der Waals surface area contributed by atoms with Gasteiger partial charge in [-0.25, -0.2) is 18.6 Å². The number of nitrogens with one attached hydrogen (secondary N) is 2. The molecule has 1 saturated carbocycles. The van der Waals surface area contributed by atoms with Crippen LogP contribution in [0.15, 0.2) is 18.3 Å². The third-order valence-electron chi connectivity index (χ3n) is 3.77. The predicted octanol–water partition coefficient (Wildman–Crippen LogP) is 2.90. The van der Waals surface area contributed by atoms with Gasteiger partial charge in [-0.1, -0.05) is 19.3 Å². The summed E-state index contributed by atoms with van der Waals surface area (Å²) in [5.41, 5.74) is 0.782. The number of carbonyl (C=O) groups excluding carboxylic acids is 1. The first-order valence-electron chi connectivity index (χ1n) is 7.99. The number of alkyl halides is 2. The summed E-state index contributed by atoms with van der Waals surface area (Å²) >= 11 is 0. The molecule has 0 radical (unpaired) electrons. The molecule has 0 aliphatic heterocycles. The van der Waals surface area contributed by atoms with Crippen LogP contribution in [0.4, 0.5) is 13.6 Å². The average Bonchev–Trinajstić information content (AvgIpc) is 2.59. The fraction of sp³-hybridized carbons (Fsp3) is 0.625. The maximum atomic E-state index is 12.8. The summed E-state index contributed by atoms with van der Waals surface area (Å²) in [6, 6.07) is 3.39. The van der Waals surface area contributed by atoms with Crippen molar-refractivity contribution in [1.29, 1.82) is 0 Å². The zero-order chi connectivity index (χ0) is 16.5. The number of ether oxygens (including phenoxy) is 1.